The fourth-order valence-corrected chi connectivity index (χ4v) is 2.12. The normalized spacial score (nSPS) is 26.7. The summed E-state index contributed by atoms with van der Waals surface area (Å²) in [6, 6.07) is 0. The number of rotatable bonds is 5. The fourth-order valence-electron chi connectivity index (χ4n) is 2.12. The van der Waals surface area contributed by atoms with Crippen molar-refractivity contribution >= 4 is 11.8 Å². The summed E-state index contributed by atoms with van der Waals surface area (Å²) in [6.45, 7) is 0. The molecule has 1 aliphatic heterocycles. The molecule has 0 spiro atoms. The molecular formula is C11H16O3. The number of carbonyl (C=O) groups is 2. The largest absolute Gasteiger partial charge is 0.462 e. The van der Waals surface area contributed by atoms with E-state index in [1.165, 1.54) is 12.8 Å². The van der Waals surface area contributed by atoms with Crippen LogP contribution in [-0.4, -0.2) is 17.9 Å². The first-order valence-corrected chi connectivity index (χ1v) is 5.45. The quantitative estimate of drug-likeness (QED) is 0.497. The van der Waals surface area contributed by atoms with Gasteiger partial charge in [0.2, 0.25) is 0 Å². The summed E-state index contributed by atoms with van der Waals surface area (Å²) in [6.07, 6.45) is 6.90. The van der Waals surface area contributed by atoms with Gasteiger partial charge >= 0.3 is 5.97 Å². The number of ether oxygens (including phenoxy) is 1. The van der Waals surface area contributed by atoms with Crippen molar-refractivity contribution in [3.8, 4) is 0 Å². The van der Waals surface area contributed by atoms with Crippen LogP contribution in [0, 0.1) is 5.92 Å². The summed E-state index contributed by atoms with van der Waals surface area (Å²) in [5.41, 5.74) is 0. The molecule has 14 heavy (non-hydrogen) atoms. The van der Waals surface area contributed by atoms with Gasteiger partial charge in [-0.3, -0.25) is 9.59 Å². The van der Waals surface area contributed by atoms with E-state index in [4.69, 9.17) is 4.74 Å². The highest BCUT2D eigenvalue weighted by Crippen LogP contribution is 2.28. The summed E-state index contributed by atoms with van der Waals surface area (Å²) in [7, 11) is 0. The Balaban J connectivity index is 1.44. The van der Waals surface area contributed by atoms with E-state index in [2.05, 4.69) is 0 Å². The van der Waals surface area contributed by atoms with E-state index in [1.807, 2.05) is 0 Å². The minimum Gasteiger partial charge on any atom is -0.462 e. The van der Waals surface area contributed by atoms with Crippen molar-refractivity contribution in [1.82, 2.24) is 0 Å². The number of cyclic esters (lactones) is 1. The summed E-state index contributed by atoms with van der Waals surface area (Å²) < 4.78 is 4.91. The average Bonchev–Trinajstić information content (AvgIpc) is 2.05. The molecule has 78 valence electrons. The van der Waals surface area contributed by atoms with Gasteiger partial charge in [-0.2, -0.15) is 0 Å². The van der Waals surface area contributed by atoms with Crippen molar-refractivity contribution in [3.05, 3.63) is 0 Å². The van der Waals surface area contributed by atoms with Crippen molar-refractivity contribution in [1.29, 1.82) is 0 Å². The van der Waals surface area contributed by atoms with Crippen LogP contribution >= 0.6 is 0 Å². The second-order valence-corrected chi connectivity index (χ2v) is 4.41. The predicted octanol–water partition coefficient (Wildman–Crippen LogP) is 1.84. The van der Waals surface area contributed by atoms with E-state index in [-0.39, 0.29) is 12.1 Å². The maximum Gasteiger partial charge on any atom is 0.309 e. The van der Waals surface area contributed by atoms with Gasteiger partial charge in [-0.1, -0.05) is 6.42 Å². The maximum atomic E-state index is 10.7. The molecule has 0 amide bonds. The van der Waals surface area contributed by atoms with Gasteiger partial charge in [0.15, 0.2) is 0 Å². The van der Waals surface area contributed by atoms with Crippen LogP contribution in [-0.2, 0) is 14.3 Å². The first-order valence-electron chi connectivity index (χ1n) is 5.45. The van der Waals surface area contributed by atoms with Gasteiger partial charge in [-0.15, -0.1) is 0 Å². The first kappa shape index (κ1) is 9.69. The van der Waals surface area contributed by atoms with Crippen molar-refractivity contribution in [3.63, 3.8) is 0 Å². The molecule has 0 bridgehead atoms. The van der Waals surface area contributed by atoms with Crippen molar-refractivity contribution in [2.75, 3.05) is 0 Å². The highest BCUT2D eigenvalue weighted by Gasteiger charge is 2.28. The van der Waals surface area contributed by atoms with Crippen LogP contribution in [0.3, 0.4) is 0 Å². The molecule has 0 aromatic heterocycles. The first-order chi connectivity index (χ1) is 6.74. The molecule has 0 aromatic carbocycles. The fraction of sp³-hybridized carbons (Fsp3) is 0.818. The zero-order chi connectivity index (χ0) is 9.97. The highest BCUT2D eigenvalue weighted by atomic mass is 16.6. The Hall–Kier alpha value is -0.860. The van der Waals surface area contributed by atoms with Crippen LogP contribution in [0.25, 0.3) is 0 Å². The van der Waals surface area contributed by atoms with Crippen LogP contribution in [0.15, 0.2) is 0 Å². The molecule has 2 rings (SSSR count). The summed E-state index contributed by atoms with van der Waals surface area (Å²) in [4.78, 5) is 21.2. The SMILES string of the molecule is O=C1CC(CCCCC2CC(=O)O2)C1. The molecule has 0 aromatic rings. The Kier molecular flexibility index (Phi) is 2.85. The number of hydrogen-bond donors (Lipinski definition) is 0. The van der Waals surface area contributed by atoms with Gasteiger partial charge in [-0.25, -0.2) is 0 Å². The van der Waals surface area contributed by atoms with Crippen molar-refractivity contribution in [2.45, 2.75) is 51.0 Å². The van der Waals surface area contributed by atoms with Gasteiger partial charge in [0.25, 0.3) is 0 Å². The number of ketones is 1. The molecule has 1 atom stereocenters. The van der Waals surface area contributed by atoms with E-state index in [9.17, 15) is 9.59 Å². The van der Waals surface area contributed by atoms with E-state index in [0.29, 0.717) is 18.1 Å². The maximum absolute atomic E-state index is 10.7. The lowest BCUT2D eigenvalue weighted by Gasteiger charge is -2.26. The standard InChI is InChI=1S/C11H16O3/c12-9-5-8(6-9)3-1-2-4-10-7-11(13)14-10/h8,10H,1-7H2. The molecule has 0 radical (unpaired) electrons. The minimum absolute atomic E-state index is 0.0559. The molecule has 3 nitrogen and oxygen atoms in total. The van der Waals surface area contributed by atoms with Gasteiger partial charge in [0.05, 0.1) is 6.42 Å². The van der Waals surface area contributed by atoms with Crippen LogP contribution < -0.4 is 0 Å². The van der Waals surface area contributed by atoms with Crippen LogP contribution in [0.1, 0.15) is 44.9 Å². The molecule has 2 aliphatic rings. The summed E-state index contributed by atoms with van der Waals surface area (Å²) >= 11 is 0. The molecule has 0 N–H and O–H groups in total. The van der Waals surface area contributed by atoms with Gasteiger partial charge in [-0.05, 0) is 25.2 Å². The van der Waals surface area contributed by atoms with Crippen molar-refractivity contribution < 1.29 is 14.3 Å². The highest BCUT2D eigenvalue weighted by molar-refractivity contribution is 5.84. The topological polar surface area (TPSA) is 43.4 Å². The van der Waals surface area contributed by atoms with E-state index in [0.717, 1.165) is 25.7 Å². The number of carbonyl (C=O) groups excluding carboxylic acids is 2. The Morgan fingerprint density at radius 3 is 2.29 bits per heavy atom. The van der Waals surface area contributed by atoms with Gasteiger partial charge < -0.3 is 4.74 Å². The third kappa shape index (κ3) is 2.34. The molecule has 1 unspecified atom stereocenters. The Bertz CT molecular complexity index is 205. The van der Waals surface area contributed by atoms with E-state index < -0.39 is 0 Å². The molecule has 1 aliphatic carbocycles. The third-order valence-electron chi connectivity index (χ3n) is 3.11. The van der Waals surface area contributed by atoms with E-state index >= 15 is 0 Å². The second kappa shape index (κ2) is 4.11. The third-order valence-corrected chi connectivity index (χ3v) is 3.11. The zero-order valence-electron chi connectivity index (χ0n) is 8.33. The van der Waals surface area contributed by atoms with Crippen molar-refractivity contribution in [2.24, 2.45) is 5.92 Å². The van der Waals surface area contributed by atoms with Crippen LogP contribution in [0.5, 0.6) is 0 Å². The number of Topliss-reactive ketones (excluding diaryl/α,β-unsaturated/α-hetero) is 1. The monoisotopic (exact) mass is 196 g/mol. The molecular weight excluding hydrogens is 180 g/mol. The zero-order valence-corrected chi connectivity index (χ0v) is 8.33. The second-order valence-electron chi connectivity index (χ2n) is 4.41. The Morgan fingerprint density at radius 1 is 1.07 bits per heavy atom. The lowest BCUT2D eigenvalue weighted by molar-refractivity contribution is -0.170. The van der Waals surface area contributed by atoms with Crippen LogP contribution in [0.4, 0.5) is 0 Å². The summed E-state index contributed by atoms with van der Waals surface area (Å²) in [5, 5.41) is 0. The molecule has 1 saturated heterocycles. The molecule has 1 saturated carbocycles. The van der Waals surface area contributed by atoms with Gasteiger partial charge in [0, 0.05) is 12.8 Å². The Labute approximate surface area is 83.8 Å². The molecule has 1 heterocycles. The Morgan fingerprint density at radius 2 is 1.71 bits per heavy atom. The average molecular weight is 196 g/mol. The molecule has 3 heteroatoms. The lowest BCUT2D eigenvalue weighted by atomic mass is 9.80. The minimum atomic E-state index is -0.0559. The molecule has 2 fully saturated rings. The smallest absolute Gasteiger partial charge is 0.309 e. The lowest BCUT2D eigenvalue weighted by Crippen LogP contribution is -2.32. The summed E-state index contributed by atoms with van der Waals surface area (Å²) in [5.74, 6) is 1.02. The van der Waals surface area contributed by atoms with Crippen LogP contribution in [0.2, 0.25) is 0 Å². The number of unbranched alkanes of at least 4 members (excludes halogenated alkanes) is 1. The van der Waals surface area contributed by atoms with E-state index in [1.54, 1.807) is 0 Å². The van der Waals surface area contributed by atoms with Gasteiger partial charge in [0.1, 0.15) is 11.9 Å². The number of hydrogen-bond acceptors (Lipinski definition) is 3. The predicted molar refractivity (Wildman–Crippen MR) is 50.7 cm³/mol. The number of esters is 1.